The van der Waals surface area contributed by atoms with Crippen LogP contribution in [0.1, 0.15) is 10.5 Å². The Bertz CT molecular complexity index is 456. The molecule has 4 heteroatoms. The summed E-state index contributed by atoms with van der Waals surface area (Å²) >= 11 is 1.54. The Morgan fingerprint density at radius 2 is 2.50 bits per heavy atom. The van der Waals surface area contributed by atoms with E-state index < -0.39 is 0 Å². The molecule has 0 amide bonds. The van der Waals surface area contributed by atoms with Crippen molar-refractivity contribution in [2.45, 2.75) is 0 Å². The quantitative estimate of drug-likeness (QED) is 0.571. The van der Waals surface area contributed by atoms with Crippen LogP contribution in [0, 0.1) is 0 Å². The van der Waals surface area contributed by atoms with Gasteiger partial charge in [0.05, 0.1) is 4.88 Å². The van der Waals surface area contributed by atoms with Crippen molar-refractivity contribution in [3.8, 4) is 10.6 Å². The molecule has 0 aliphatic heterocycles. The molecule has 0 aliphatic carbocycles. The molecular formula is C10H7NO2S. The van der Waals surface area contributed by atoms with Gasteiger partial charge in [0.2, 0.25) is 5.78 Å². The topological polar surface area (TPSA) is 43.1 Å². The Labute approximate surface area is 84.7 Å². The Balaban J connectivity index is 2.35. The number of aromatic nitrogens is 1. The van der Waals surface area contributed by atoms with Gasteiger partial charge in [-0.25, -0.2) is 0 Å². The largest absolute Gasteiger partial charge is 0.355 e. The first kappa shape index (κ1) is 8.90. The highest BCUT2D eigenvalue weighted by molar-refractivity contribution is 7.13. The van der Waals surface area contributed by atoms with E-state index in [1.54, 1.807) is 6.07 Å². The first-order valence-electron chi connectivity index (χ1n) is 3.98. The summed E-state index contributed by atoms with van der Waals surface area (Å²) in [6.45, 7) is 3.38. The monoisotopic (exact) mass is 205 g/mol. The van der Waals surface area contributed by atoms with Gasteiger partial charge in [-0.3, -0.25) is 4.79 Å². The van der Waals surface area contributed by atoms with Crippen LogP contribution in [0.2, 0.25) is 0 Å². The van der Waals surface area contributed by atoms with Crippen LogP contribution in [0.15, 0.2) is 40.8 Å². The number of allylic oxidation sites excluding steroid dienone is 1. The number of ketones is 1. The molecule has 0 N–H and O–H groups in total. The first-order valence-corrected chi connectivity index (χ1v) is 4.86. The lowest BCUT2D eigenvalue weighted by Crippen LogP contribution is -1.91. The van der Waals surface area contributed by atoms with Gasteiger partial charge < -0.3 is 4.52 Å². The highest BCUT2D eigenvalue weighted by Gasteiger charge is 2.10. The second-order valence-corrected chi connectivity index (χ2v) is 3.57. The highest BCUT2D eigenvalue weighted by atomic mass is 32.1. The Morgan fingerprint density at radius 1 is 1.64 bits per heavy atom. The molecule has 0 aromatic carbocycles. The van der Waals surface area contributed by atoms with E-state index in [-0.39, 0.29) is 5.78 Å². The summed E-state index contributed by atoms with van der Waals surface area (Å²) in [5.74, 6) is 0.391. The molecule has 70 valence electrons. The van der Waals surface area contributed by atoms with Gasteiger partial charge >= 0.3 is 0 Å². The third-order valence-corrected chi connectivity index (χ3v) is 2.60. The number of rotatable bonds is 3. The van der Waals surface area contributed by atoms with Crippen molar-refractivity contribution < 1.29 is 9.32 Å². The zero-order valence-corrected chi connectivity index (χ0v) is 8.08. The summed E-state index contributed by atoms with van der Waals surface area (Å²) in [6, 6.07) is 5.45. The second kappa shape index (κ2) is 3.59. The van der Waals surface area contributed by atoms with Gasteiger partial charge in [0, 0.05) is 6.07 Å². The van der Waals surface area contributed by atoms with Crippen LogP contribution in [-0.4, -0.2) is 10.9 Å². The summed E-state index contributed by atoms with van der Waals surface area (Å²) < 4.78 is 5.02. The smallest absolute Gasteiger partial charge is 0.207 e. The van der Waals surface area contributed by atoms with Crippen LogP contribution in [0.5, 0.6) is 0 Å². The maximum Gasteiger partial charge on any atom is 0.207 e. The molecule has 2 heterocycles. The zero-order valence-electron chi connectivity index (χ0n) is 7.27. The predicted octanol–water partition coefficient (Wildman–Crippen LogP) is 2.77. The van der Waals surface area contributed by atoms with E-state index in [1.807, 2.05) is 17.5 Å². The number of hydrogen-bond donors (Lipinski definition) is 0. The van der Waals surface area contributed by atoms with Crippen LogP contribution >= 0.6 is 11.3 Å². The van der Waals surface area contributed by atoms with Crippen molar-refractivity contribution >= 4 is 17.1 Å². The number of hydrogen-bond acceptors (Lipinski definition) is 4. The van der Waals surface area contributed by atoms with Gasteiger partial charge in [0.1, 0.15) is 0 Å². The molecule has 0 atom stereocenters. The number of carbonyl (C=O) groups is 1. The highest BCUT2D eigenvalue weighted by Crippen LogP contribution is 2.25. The maximum atomic E-state index is 11.2. The normalized spacial score (nSPS) is 10.0. The summed E-state index contributed by atoms with van der Waals surface area (Å²) in [7, 11) is 0. The van der Waals surface area contributed by atoms with Crippen molar-refractivity contribution in [1.29, 1.82) is 0 Å². The molecule has 0 bridgehead atoms. The molecule has 2 aromatic rings. The first-order chi connectivity index (χ1) is 6.81. The fourth-order valence-electron chi connectivity index (χ4n) is 1.03. The molecule has 0 aliphatic rings. The van der Waals surface area contributed by atoms with Gasteiger partial charge in [-0.15, -0.1) is 11.3 Å². The summed E-state index contributed by atoms with van der Waals surface area (Å²) in [6.07, 6.45) is 1.22. The van der Waals surface area contributed by atoms with Crippen molar-refractivity contribution in [3.05, 3.63) is 41.9 Å². The molecule has 0 saturated heterocycles. The van der Waals surface area contributed by atoms with Crippen LogP contribution in [-0.2, 0) is 0 Å². The number of carbonyl (C=O) groups excluding carboxylic acids is 1. The van der Waals surface area contributed by atoms with Crippen molar-refractivity contribution in [2.24, 2.45) is 0 Å². The minimum atomic E-state index is -0.225. The average Bonchev–Trinajstić information content (AvgIpc) is 2.86. The second-order valence-electron chi connectivity index (χ2n) is 2.62. The van der Waals surface area contributed by atoms with Gasteiger partial charge in [-0.2, -0.15) is 0 Å². The lowest BCUT2D eigenvalue weighted by molar-refractivity contribution is 0.103. The van der Waals surface area contributed by atoms with E-state index in [2.05, 4.69) is 11.7 Å². The Kier molecular flexibility index (Phi) is 2.28. The number of thiophene rings is 1. The van der Waals surface area contributed by atoms with Gasteiger partial charge in [0.15, 0.2) is 11.5 Å². The molecule has 2 aromatic heterocycles. The molecule has 0 fully saturated rings. The third kappa shape index (κ3) is 1.52. The third-order valence-electron chi connectivity index (χ3n) is 1.71. The molecule has 0 unspecified atom stereocenters. The Morgan fingerprint density at radius 3 is 3.14 bits per heavy atom. The van der Waals surface area contributed by atoms with E-state index in [4.69, 9.17) is 4.52 Å². The van der Waals surface area contributed by atoms with Crippen molar-refractivity contribution in [2.75, 3.05) is 0 Å². The van der Waals surface area contributed by atoms with E-state index in [0.29, 0.717) is 11.5 Å². The summed E-state index contributed by atoms with van der Waals surface area (Å²) in [5.41, 5.74) is 0.295. The standard InChI is InChI=1S/C10H7NO2S/c1-2-8(12)7-6-9(13-11-7)10-4-3-5-14-10/h2-6H,1H2. The SMILES string of the molecule is C=CC(=O)c1cc(-c2cccs2)on1. The van der Waals surface area contributed by atoms with E-state index in [0.717, 1.165) is 4.88 Å². The molecule has 3 nitrogen and oxygen atoms in total. The van der Waals surface area contributed by atoms with Crippen LogP contribution in [0.4, 0.5) is 0 Å². The summed E-state index contributed by atoms with van der Waals surface area (Å²) in [4.78, 5) is 12.1. The summed E-state index contributed by atoms with van der Waals surface area (Å²) in [5, 5.41) is 5.59. The number of nitrogens with zero attached hydrogens (tertiary/aromatic N) is 1. The van der Waals surface area contributed by atoms with E-state index in [9.17, 15) is 4.79 Å². The van der Waals surface area contributed by atoms with Gasteiger partial charge in [0.25, 0.3) is 0 Å². The molecule has 2 rings (SSSR count). The fraction of sp³-hybridized carbons (Fsp3) is 0. The zero-order chi connectivity index (χ0) is 9.97. The minimum absolute atomic E-state index is 0.225. The molecular weight excluding hydrogens is 198 g/mol. The fourth-order valence-corrected chi connectivity index (χ4v) is 1.70. The van der Waals surface area contributed by atoms with Crippen LogP contribution in [0.3, 0.4) is 0 Å². The van der Waals surface area contributed by atoms with Crippen molar-refractivity contribution in [1.82, 2.24) is 5.16 Å². The van der Waals surface area contributed by atoms with E-state index >= 15 is 0 Å². The van der Waals surface area contributed by atoms with E-state index in [1.165, 1.54) is 17.4 Å². The minimum Gasteiger partial charge on any atom is -0.355 e. The molecule has 0 radical (unpaired) electrons. The lowest BCUT2D eigenvalue weighted by Gasteiger charge is -1.83. The maximum absolute atomic E-state index is 11.2. The average molecular weight is 205 g/mol. The van der Waals surface area contributed by atoms with Crippen LogP contribution in [0.25, 0.3) is 10.6 Å². The van der Waals surface area contributed by atoms with Gasteiger partial charge in [-0.05, 0) is 17.5 Å². The molecule has 0 saturated carbocycles. The lowest BCUT2D eigenvalue weighted by atomic mass is 10.2. The van der Waals surface area contributed by atoms with Crippen molar-refractivity contribution in [3.63, 3.8) is 0 Å². The van der Waals surface area contributed by atoms with Crippen LogP contribution < -0.4 is 0 Å². The predicted molar refractivity (Wildman–Crippen MR) is 54.3 cm³/mol. The molecule has 14 heavy (non-hydrogen) atoms. The molecule has 0 spiro atoms. The van der Waals surface area contributed by atoms with Gasteiger partial charge in [-0.1, -0.05) is 17.8 Å². The Hall–Kier alpha value is -1.68.